The lowest BCUT2D eigenvalue weighted by Crippen LogP contribution is -2.19. The molecule has 4 nitrogen and oxygen atoms in total. The second-order valence-corrected chi connectivity index (χ2v) is 7.73. The summed E-state index contributed by atoms with van der Waals surface area (Å²) in [6.45, 7) is 2.00. The van der Waals surface area contributed by atoms with Crippen LogP contribution >= 0.6 is 23.2 Å². The molecule has 1 heterocycles. The molecular formula is C24H19Cl2N3O. The van der Waals surface area contributed by atoms with Crippen molar-refractivity contribution in [3.8, 4) is 28.3 Å². The lowest BCUT2D eigenvalue weighted by Gasteiger charge is -2.16. The van der Waals surface area contributed by atoms with Crippen LogP contribution in [0, 0.1) is 6.92 Å². The first-order chi connectivity index (χ1) is 14.5. The third-order valence-electron chi connectivity index (χ3n) is 4.86. The van der Waals surface area contributed by atoms with Crippen LogP contribution in [0.3, 0.4) is 0 Å². The van der Waals surface area contributed by atoms with Gasteiger partial charge in [-0.3, -0.25) is 9.36 Å². The summed E-state index contributed by atoms with van der Waals surface area (Å²) in [5.74, 6) is 0.370. The quantitative estimate of drug-likeness (QED) is 0.415. The standard InChI is InChI=1S/C24H19Cl2N3O/c1-15-11-12-19(26)14-20(15)29-22(17-9-6-10-18(25)13-17)21(24(30)27-2)28-23(29)16-7-4-3-5-8-16/h3-14H,1-2H3,(H,27,30). The maximum Gasteiger partial charge on any atom is 0.271 e. The Bertz CT molecular complexity index is 1230. The highest BCUT2D eigenvalue weighted by Crippen LogP contribution is 2.36. The van der Waals surface area contributed by atoms with Crippen LogP contribution in [0.1, 0.15) is 16.1 Å². The lowest BCUT2D eigenvalue weighted by atomic mass is 10.1. The molecule has 0 fully saturated rings. The molecule has 0 saturated heterocycles. The number of benzene rings is 3. The number of hydrogen-bond donors (Lipinski definition) is 1. The van der Waals surface area contributed by atoms with Crippen LogP contribution in [0.5, 0.6) is 0 Å². The van der Waals surface area contributed by atoms with Gasteiger partial charge in [-0.05, 0) is 36.8 Å². The van der Waals surface area contributed by atoms with Crippen molar-refractivity contribution in [2.45, 2.75) is 6.92 Å². The molecule has 0 aliphatic rings. The number of nitrogens with zero attached hydrogens (tertiary/aromatic N) is 2. The number of imidazole rings is 1. The molecular weight excluding hydrogens is 417 g/mol. The van der Waals surface area contributed by atoms with E-state index in [1.165, 1.54) is 0 Å². The minimum atomic E-state index is -0.277. The van der Waals surface area contributed by atoms with Gasteiger partial charge < -0.3 is 5.32 Å². The number of amides is 1. The van der Waals surface area contributed by atoms with Gasteiger partial charge in [-0.2, -0.15) is 0 Å². The highest BCUT2D eigenvalue weighted by atomic mass is 35.5. The van der Waals surface area contributed by atoms with Gasteiger partial charge in [-0.1, -0.05) is 71.7 Å². The normalized spacial score (nSPS) is 10.8. The fraction of sp³-hybridized carbons (Fsp3) is 0.0833. The van der Waals surface area contributed by atoms with Gasteiger partial charge in [0.2, 0.25) is 0 Å². The van der Waals surface area contributed by atoms with Crippen molar-refractivity contribution in [1.29, 1.82) is 0 Å². The Morgan fingerprint density at radius 2 is 1.60 bits per heavy atom. The summed E-state index contributed by atoms with van der Waals surface area (Å²) in [5, 5.41) is 3.88. The summed E-state index contributed by atoms with van der Waals surface area (Å²) < 4.78 is 1.98. The van der Waals surface area contributed by atoms with E-state index in [0.717, 1.165) is 22.4 Å². The van der Waals surface area contributed by atoms with Crippen LogP contribution in [0.15, 0.2) is 72.8 Å². The van der Waals surface area contributed by atoms with E-state index in [1.54, 1.807) is 13.1 Å². The number of hydrogen-bond acceptors (Lipinski definition) is 2. The number of halogens is 2. The van der Waals surface area contributed by atoms with E-state index in [1.807, 2.05) is 78.2 Å². The monoisotopic (exact) mass is 435 g/mol. The second kappa shape index (κ2) is 8.34. The van der Waals surface area contributed by atoms with Crippen LogP contribution in [0.25, 0.3) is 28.3 Å². The molecule has 1 aromatic heterocycles. The first-order valence-electron chi connectivity index (χ1n) is 9.42. The Balaban J connectivity index is 2.15. The van der Waals surface area contributed by atoms with Gasteiger partial charge >= 0.3 is 0 Å². The van der Waals surface area contributed by atoms with Gasteiger partial charge in [0, 0.05) is 28.2 Å². The van der Waals surface area contributed by atoms with Crippen molar-refractivity contribution >= 4 is 29.1 Å². The molecule has 4 aromatic rings. The summed E-state index contributed by atoms with van der Waals surface area (Å²) in [6.07, 6.45) is 0. The Morgan fingerprint density at radius 3 is 2.30 bits per heavy atom. The Morgan fingerprint density at radius 1 is 0.900 bits per heavy atom. The molecule has 150 valence electrons. The molecule has 3 aromatic carbocycles. The SMILES string of the molecule is CNC(=O)c1nc(-c2ccccc2)n(-c2cc(Cl)ccc2C)c1-c1cccc(Cl)c1. The van der Waals surface area contributed by atoms with Crippen LogP contribution in [-0.4, -0.2) is 22.5 Å². The summed E-state index contributed by atoms with van der Waals surface area (Å²) in [7, 11) is 1.59. The maximum absolute atomic E-state index is 12.8. The van der Waals surface area contributed by atoms with E-state index in [2.05, 4.69) is 5.32 Å². The van der Waals surface area contributed by atoms with Gasteiger partial charge in [0.05, 0.1) is 11.4 Å². The highest BCUT2D eigenvalue weighted by molar-refractivity contribution is 6.31. The zero-order valence-electron chi connectivity index (χ0n) is 16.5. The number of carbonyl (C=O) groups excluding carboxylic acids is 1. The van der Waals surface area contributed by atoms with Gasteiger partial charge in [0.15, 0.2) is 5.69 Å². The minimum Gasteiger partial charge on any atom is -0.354 e. The molecule has 1 amide bonds. The fourth-order valence-electron chi connectivity index (χ4n) is 3.44. The van der Waals surface area contributed by atoms with Gasteiger partial charge in [0.1, 0.15) is 5.82 Å². The van der Waals surface area contributed by atoms with Crippen molar-refractivity contribution in [3.63, 3.8) is 0 Å². The van der Waals surface area contributed by atoms with Crippen LogP contribution < -0.4 is 5.32 Å². The first-order valence-corrected chi connectivity index (χ1v) is 10.2. The predicted octanol–water partition coefficient (Wildman–Crippen LogP) is 6.18. The number of carbonyl (C=O) groups is 1. The zero-order valence-corrected chi connectivity index (χ0v) is 18.0. The van der Waals surface area contributed by atoms with E-state index >= 15 is 0 Å². The van der Waals surface area contributed by atoms with Crippen molar-refractivity contribution in [1.82, 2.24) is 14.9 Å². The molecule has 0 spiro atoms. The number of aromatic nitrogens is 2. The summed E-state index contributed by atoms with van der Waals surface area (Å²) in [6, 6.07) is 22.8. The van der Waals surface area contributed by atoms with Gasteiger partial charge in [0.25, 0.3) is 5.91 Å². The van der Waals surface area contributed by atoms with E-state index in [4.69, 9.17) is 28.2 Å². The van der Waals surface area contributed by atoms with E-state index in [-0.39, 0.29) is 5.91 Å². The Labute approximate surface area is 185 Å². The van der Waals surface area contributed by atoms with Gasteiger partial charge in [-0.15, -0.1) is 0 Å². The van der Waals surface area contributed by atoms with Crippen molar-refractivity contribution < 1.29 is 4.79 Å². The minimum absolute atomic E-state index is 0.277. The van der Waals surface area contributed by atoms with Crippen LogP contribution in [-0.2, 0) is 0 Å². The van der Waals surface area contributed by atoms with E-state index in [9.17, 15) is 4.79 Å². The number of nitrogens with one attached hydrogen (secondary N) is 1. The van der Waals surface area contributed by atoms with E-state index in [0.29, 0.717) is 27.3 Å². The maximum atomic E-state index is 12.8. The fourth-order valence-corrected chi connectivity index (χ4v) is 3.79. The molecule has 0 aliphatic heterocycles. The molecule has 4 rings (SSSR count). The smallest absolute Gasteiger partial charge is 0.271 e. The molecule has 0 saturated carbocycles. The van der Waals surface area contributed by atoms with Crippen molar-refractivity contribution in [3.05, 3.63) is 94.1 Å². The summed E-state index contributed by atoms with van der Waals surface area (Å²) in [5.41, 5.74) is 4.49. The van der Waals surface area contributed by atoms with Gasteiger partial charge in [-0.25, -0.2) is 4.98 Å². The van der Waals surface area contributed by atoms with Crippen molar-refractivity contribution in [2.24, 2.45) is 0 Å². The summed E-state index contributed by atoms with van der Waals surface area (Å²) >= 11 is 12.6. The third-order valence-corrected chi connectivity index (χ3v) is 5.33. The van der Waals surface area contributed by atoms with Crippen molar-refractivity contribution in [2.75, 3.05) is 7.05 Å². The third kappa shape index (κ3) is 3.72. The summed E-state index contributed by atoms with van der Waals surface area (Å²) in [4.78, 5) is 17.6. The average molecular weight is 436 g/mol. The molecule has 30 heavy (non-hydrogen) atoms. The van der Waals surface area contributed by atoms with Crippen LogP contribution in [0.4, 0.5) is 0 Å². The molecule has 6 heteroatoms. The number of rotatable bonds is 4. The molecule has 0 unspecified atom stereocenters. The predicted molar refractivity (Wildman–Crippen MR) is 123 cm³/mol. The first kappa shape index (κ1) is 20.2. The molecule has 1 N–H and O–H groups in total. The molecule has 0 aliphatic carbocycles. The zero-order chi connectivity index (χ0) is 21.3. The second-order valence-electron chi connectivity index (χ2n) is 6.85. The average Bonchev–Trinajstić information content (AvgIpc) is 3.16. The largest absolute Gasteiger partial charge is 0.354 e. The lowest BCUT2D eigenvalue weighted by molar-refractivity contribution is 0.0959. The molecule has 0 radical (unpaired) electrons. The van der Waals surface area contributed by atoms with E-state index < -0.39 is 0 Å². The molecule has 0 atom stereocenters. The highest BCUT2D eigenvalue weighted by Gasteiger charge is 2.26. The van der Waals surface area contributed by atoms with Crippen LogP contribution in [0.2, 0.25) is 10.0 Å². The number of aryl methyl sites for hydroxylation is 1. The Kier molecular flexibility index (Phi) is 5.62. The Hall–Kier alpha value is -3.08. The molecule has 0 bridgehead atoms. The topological polar surface area (TPSA) is 46.9 Å².